The first-order chi connectivity index (χ1) is 8.58. The molecule has 1 aromatic carbocycles. The van der Waals surface area contributed by atoms with Crippen molar-refractivity contribution in [2.45, 2.75) is 31.5 Å². The zero-order valence-electron chi connectivity index (χ0n) is 10.0. The summed E-state index contributed by atoms with van der Waals surface area (Å²) in [6, 6.07) is 9.63. The summed E-state index contributed by atoms with van der Waals surface area (Å²) in [4.78, 5) is 10.2. The van der Waals surface area contributed by atoms with Gasteiger partial charge in [-0.1, -0.05) is 42.5 Å². The second kappa shape index (κ2) is 7.63. The quantitative estimate of drug-likeness (QED) is 0.730. The Balaban J connectivity index is 2.30. The van der Waals surface area contributed by atoms with E-state index in [9.17, 15) is 20.1 Å². The highest BCUT2D eigenvalue weighted by atomic mass is 16.4. The number of carboxylic acids is 1. The van der Waals surface area contributed by atoms with E-state index in [2.05, 4.69) is 0 Å². The van der Waals surface area contributed by atoms with E-state index in [-0.39, 0.29) is 6.42 Å². The van der Waals surface area contributed by atoms with Gasteiger partial charge in [0.2, 0.25) is 0 Å². The molecule has 0 saturated carbocycles. The number of aliphatic hydroxyl groups excluding tert-OH is 2. The van der Waals surface area contributed by atoms with Gasteiger partial charge in [0.25, 0.3) is 0 Å². The van der Waals surface area contributed by atoms with E-state index in [0.717, 1.165) is 5.56 Å². The molecule has 2 unspecified atom stereocenters. The van der Waals surface area contributed by atoms with Crippen molar-refractivity contribution in [3.63, 3.8) is 0 Å². The van der Waals surface area contributed by atoms with Crippen LogP contribution in [0.2, 0.25) is 0 Å². The number of hydrogen-bond acceptors (Lipinski definition) is 4. The lowest BCUT2D eigenvalue weighted by Gasteiger charge is -2.14. The van der Waals surface area contributed by atoms with Gasteiger partial charge >= 0.3 is 0 Å². The maximum atomic E-state index is 10.2. The summed E-state index contributed by atoms with van der Waals surface area (Å²) in [5.41, 5.74) is 1.03. The summed E-state index contributed by atoms with van der Waals surface area (Å²) >= 11 is 0. The van der Waals surface area contributed by atoms with Gasteiger partial charge in [-0.2, -0.15) is 0 Å². The Morgan fingerprint density at radius 2 is 1.89 bits per heavy atom. The molecule has 0 aliphatic carbocycles. The normalized spacial score (nSPS) is 14.6. The lowest BCUT2D eigenvalue weighted by Crippen LogP contribution is -2.29. The Kier molecular flexibility index (Phi) is 6.11. The number of carboxylic acid groups (broad SMARTS) is 1. The predicted molar refractivity (Wildman–Crippen MR) is 66.3 cm³/mol. The van der Waals surface area contributed by atoms with Gasteiger partial charge in [0, 0.05) is 12.4 Å². The first-order valence-electron chi connectivity index (χ1n) is 5.85. The maximum absolute atomic E-state index is 10.2. The minimum atomic E-state index is -1.31. The monoisotopic (exact) mass is 249 g/mol. The fourth-order valence-corrected chi connectivity index (χ4v) is 1.61. The summed E-state index contributed by atoms with van der Waals surface area (Å²) in [6.07, 6.45) is 1.82. The molecule has 18 heavy (non-hydrogen) atoms. The molecular formula is C14H17O4-. The molecule has 4 heteroatoms. The maximum Gasteiger partial charge on any atom is 0.0617 e. The van der Waals surface area contributed by atoms with E-state index in [1.807, 2.05) is 36.4 Å². The van der Waals surface area contributed by atoms with Gasteiger partial charge in [-0.25, -0.2) is 0 Å². The third kappa shape index (κ3) is 6.18. The highest BCUT2D eigenvalue weighted by Gasteiger charge is 2.10. The molecule has 0 amide bonds. The number of carbonyl (C=O) groups excluding carboxylic acids is 1. The molecule has 0 aliphatic rings. The van der Waals surface area contributed by atoms with Crippen LogP contribution in [0.15, 0.2) is 36.4 Å². The minimum Gasteiger partial charge on any atom is -0.550 e. The van der Waals surface area contributed by atoms with Gasteiger partial charge in [0.1, 0.15) is 0 Å². The first kappa shape index (κ1) is 14.4. The molecule has 2 atom stereocenters. The van der Waals surface area contributed by atoms with E-state index < -0.39 is 24.6 Å². The number of carbonyl (C=O) groups is 1. The number of benzene rings is 1. The Morgan fingerprint density at radius 1 is 1.22 bits per heavy atom. The highest BCUT2D eigenvalue weighted by Crippen LogP contribution is 2.08. The zero-order valence-corrected chi connectivity index (χ0v) is 10.0. The van der Waals surface area contributed by atoms with Gasteiger partial charge in [-0.05, 0) is 18.4 Å². The third-order valence-electron chi connectivity index (χ3n) is 2.46. The molecular weight excluding hydrogens is 232 g/mol. The average molecular weight is 249 g/mol. The van der Waals surface area contributed by atoms with Crippen LogP contribution < -0.4 is 5.11 Å². The zero-order chi connectivity index (χ0) is 13.4. The molecule has 0 spiro atoms. The molecule has 98 valence electrons. The van der Waals surface area contributed by atoms with Crippen molar-refractivity contribution in [1.82, 2.24) is 0 Å². The average Bonchev–Trinajstić information content (AvgIpc) is 2.29. The Hall–Kier alpha value is -1.65. The highest BCUT2D eigenvalue weighted by molar-refractivity contribution is 5.64. The summed E-state index contributed by atoms with van der Waals surface area (Å²) in [7, 11) is 0. The second-order valence-corrected chi connectivity index (χ2v) is 4.17. The van der Waals surface area contributed by atoms with Crippen LogP contribution in [-0.2, 0) is 4.79 Å². The fourth-order valence-electron chi connectivity index (χ4n) is 1.61. The molecule has 2 N–H and O–H groups in total. The molecule has 0 saturated heterocycles. The van der Waals surface area contributed by atoms with E-state index >= 15 is 0 Å². The molecule has 0 heterocycles. The molecule has 0 aliphatic heterocycles. The van der Waals surface area contributed by atoms with Crippen LogP contribution in [0.25, 0.3) is 6.08 Å². The Morgan fingerprint density at radius 3 is 2.50 bits per heavy atom. The van der Waals surface area contributed by atoms with Crippen LogP contribution in [0.4, 0.5) is 0 Å². The molecule has 4 nitrogen and oxygen atoms in total. The van der Waals surface area contributed by atoms with Crippen molar-refractivity contribution in [1.29, 1.82) is 0 Å². The van der Waals surface area contributed by atoms with Crippen molar-refractivity contribution in [3.05, 3.63) is 42.0 Å². The lowest BCUT2D eigenvalue weighted by molar-refractivity contribution is -0.307. The van der Waals surface area contributed by atoms with E-state index in [1.54, 1.807) is 6.08 Å². The van der Waals surface area contributed by atoms with Crippen LogP contribution in [0.5, 0.6) is 0 Å². The van der Waals surface area contributed by atoms with Gasteiger partial charge < -0.3 is 20.1 Å². The third-order valence-corrected chi connectivity index (χ3v) is 2.46. The van der Waals surface area contributed by atoms with Crippen LogP contribution >= 0.6 is 0 Å². The molecule has 0 fully saturated rings. The van der Waals surface area contributed by atoms with E-state index in [1.165, 1.54) is 0 Å². The molecule has 0 radical (unpaired) electrons. The van der Waals surface area contributed by atoms with Gasteiger partial charge in [-0.15, -0.1) is 0 Å². The Bertz CT molecular complexity index is 386. The van der Waals surface area contributed by atoms with E-state index in [0.29, 0.717) is 6.42 Å². The van der Waals surface area contributed by atoms with Crippen molar-refractivity contribution in [2.75, 3.05) is 0 Å². The molecule has 1 aromatic rings. The van der Waals surface area contributed by atoms with Gasteiger partial charge in [0.05, 0.1) is 12.2 Å². The number of hydrogen-bond donors (Lipinski definition) is 2. The summed E-state index contributed by atoms with van der Waals surface area (Å²) in [5, 5.41) is 29.1. The molecule has 0 aromatic heterocycles. The largest absolute Gasteiger partial charge is 0.550 e. The number of aliphatic hydroxyl groups is 2. The van der Waals surface area contributed by atoms with Gasteiger partial charge in [0.15, 0.2) is 0 Å². The second-order valence-electron chi connectivity index (χ2n) is 4.17. The summed E-state index contributed by atoms with van der Waals surface area (Å²) in [6.45, 7) is 0. The smallest absolute Gasteiger partial charge is 0.0617 e. The number of aliphatic carboxylic acids is 1. The van der Waals surface area contributed by atoms with E-state index in [4.69, 9.17) is 0 Å². The van der Waals surface area contributed by atoms with Crippen molar-refractivity contribution >= 4 is 12.0 Å². The molecule has 0 bridgehead atoms. The van der Waals surface area contributed by atoms with Crippen molar-refractivity contribution in [3.8, 4) is 0 Å². The van der Waals surface area contributed by atoms with Crippen LogP contribution in [0, 0.1) is 0 Å². The number of rotatable bonds is 7. The minimum absolute atomic E-state index is 0.0348. The van der Waals surface area contributed by atoms with Crippen molar-refractivity contribution in [2.24, 2.45) is 0 Å². The summed E-state index contributed by atoms with van der Waals surface area (Å²) in [5.74, 6) is -1.31. The summed E-state index contributed by atoms with van der Waals surface area (Å²) < 4.78 is 0. The van der Waals surface area contributed by atoms with Crippen LogP contribution in [0.1, 0.15) is 24.8 Å². The first-order valence-corrected chi connectivity index (χ1v) is 5.85. The SMILES string of the molecule is O=C([O-])CC(O)CC(O)C/C=C/c1ccccc1. The Labute approximate surface area is 106 Å². The van der Waals surface area contributed by atoms with Gasteiger partial charge in [-0.3, -0.25) is 0 Å². The predicted octanol–water partition coefficient (Wildman–Crippen LogP) is 0.342. The topological polar surface area (TPSA) is 80.6 Å². The standard InChI is InChI=1S/C14H18O4/c15-12(9-13(16)10-14(17)18)8-4-7-11-5-2-1-3-6-11/h1-7,12-13,15-16H,8-10H2,(H,17,18)/p-1/b7-4+. The molecule has 1 rings (SSSR count). The fraction of sp³-hybridized carbons (Fsp3) is 0.357. The lowest BCUT2D eigenvalue weighted by atomic mass is 10.1. The van der Waals surface area contributed by atoms with Crippen LogP contribution in [0.3, 0.4) is 0 Å². The van der Waals surface area contributed by atoms with Crippen molar-refractivity contribution < 1.29 is 20.1 Å². The van der Waals surface area contributed by atoms with Crippen LogP contribution in [-0.4, -0.2) is 28.4 Å².